The van der Waals surface area contributed by atoms with E-state index in [0.717, 1.165) is 56.4 Å². The number of benzene rings is 1. The van der Waals surface area contributed by atoms with E-state index in [4.69, 9.17) is 16.3 Å². The quantitative estimate of drug-likeness (QED) is 0.298. The molecule has 4 aromatic rings. The minimum Gasteiger partial charge on any atom is -0.384 e. The van der Waals surface area contributed by atoms with Gasteiger partial charge in [0.25, 0.3) is 5.56 Å². The Morgan fingerprint density at radius 1 is 1.10 bits per heavy atom. The van der Waals surface area contributed by atoms with E-state index in [1.165, 1.54) is 29.2 Å². The summed E-state index contributed by atoms with van der Waals surface area (Å²) < 4.78 is 32.0. The molecule has 1 aromatic carbocycles. The highest BCUT2D eigenvalue weighted by Crippen LogP contribution is 2.26. The number of pyridine rings is 1. The molecule has 0 bridgehead atoms. The average Bonchev–Trinajstić information content (AvgIpc) is 3.37. The van der Waals surface area contributed by atoms with Gasteiger partial charge in [-0.2, -0.15) is 0 Å². The first-order valence-corrected chi connectivity index (χ1v) is 15.1. The van der Waals surface area contributed by atoms with Crippen LogP contribution >= 0.6 is 22.9 Å². The van der Waals surface area contributed by atoms with Gasteiger partial charge in [0.2, 0.25) is 0 Å². The number of aromatic nitrogens is 3. The summed E-state index contributed by atoms with van der Waals surface area (Å²) in [6.07, 6.45) is 2.78. The second-order valence-electron chi connectivity index (χ2n) is 9.09. The number of ketones is 1. The molecule has 5 rings (SSSR count). The van der Waals surface area contributed by atoms with Gasteiger partial charge in [0.15, 0.2) is 15.6 Å². The molecule has 0 unspecified atom stereocenters. The molecular formula is C26H26ClN5O5S2. The molecule has 1 aliphatic heterocycles. The van der Waals surface area contributed by atoms with Crippen LogP contribution in [0.15, 0.2) is 64.0 Å². The Hall–Kier alpha value is -3.16. The summed E-state index contributed by atoms with van der Waals surface area (Å²) in [5, 5.41) is 3.84. The maximum absolute atomic E-state index is 13.1. The van der Waals surface area contributed by atoms with Crippen molar-refractivity contribution in [1.29, 1.82) is 0 Å². The lowest BCUT2D eigenvalue weighted by molar-refractivity contribution is -0.116. The van der Waals surface area contributed by atoms with Crippen molar-refractivity contribution in [3.05, 3.63) is 75.2 Å². The van der Waals surface area contributed by atoms with E-state index in [1.54, 1.807) is 18.2 Å². The van der Waals surface area contributed by atoms with Crippen LogP contribution in [0.2, 0.25) is 4.34 Å². The fourth-order valence-electron chi connectivity index (χ4n) is 4.27. The molecular weight excluding hydrogens is 562 g/mol. The van der Waals surface area contributed by atoms with E-state index in [9.17, 15) is 18.0 Å². The topological polar surface area (TPSA) is 123 Å². The van der Waals surface area contributed by atoms with Gasteiger partial charge < -0.3 is 10.1 Å². The number of nitrogens with zero attached hydrogens (tertiary/aromatic N) is 4. The zero-order valence-corrected chi connectivity index (χ0v) is 23.3. The number of rotatable bonds is 10. The van der Waals surface area contributed by atoms with E-state index >= 15 is 0 Å². The largest absolute Gasteiger partial charge is 0.384 e. The SMILES string of the molecule is O=C(Cc1ccc(-n2cnc3cc(NCCN4CCOCC4)ccc3c2=O)nc1)CS(=O)(=O)c1ccc(Cl)s1. The number of sulfone groups is 1. The van der Waals surface area contributed by atoms with E-state index < -0.39 is 21.4 Å². The number of hydrogen-bond acceptors (Lipinski definition) is 10. The van der Waals surface area contributed by atoms with Gasteiger partial charge in [-0.05, 0) is 42.0 Å². The summed E-state index contributed by atoms with van der Waals surface area (Å²) in [4.78, 5) is 36.7. The molecule has 1 aliphatic rings. The predicted molar refractivity (Wildman–Crippen MR) is 151 cm³/mol. The number of hydrogen-bond donors (Lipinski definition) is 1. The molecule has 1 N–H and O–H groups in total. The molecule has 13 heteroatoms. The van der Waals surface area contributed by atoms with Crippen molar-refractivity contribution in [2.24, 2.45) is 0 Å². The Bertz CT molecular complexity index is 1650. The molecule has 0 spiro atoms. The molecule has 1 saturated heterocycles. The molecule has 3 aromatic heterocycles. The highest BCUT2D eigenvalue weighted by atomic mass is 35.5. The average molecular weight is 588 g/mol. The van der Waals surface area contributed by atoms with Crippen molar-refractivity contribution < 1.29 is 17.9 Å². The van der Waals surface area contributed by atoms with E-state index in [1.807, 2.05) is 12.1 Å². The highest BCUT2D eigenvalue weighted by molar-refractivity contribution is 7.94. The van der Waals surface area contributed by atoms with Gasteiger partial charge in [-0.15, -0.1) is 11.3 Å². The van der Waals surface area contributed by atoms with Gasteiger partial charge in [-0.3, -0.25) is 19.1 Å². The number of fused-ring (bicyclic) bond motifs is 1. The second-order valence-corrected chi connectivity index (χ2v) is 13.0. The van der Waals surface area contributed by atoms with E-state index in [0.29, 0.717) is 26.6 Å². The summed E-state index contributed by atoms with van der Waals surface area (Å²) in [7, 11) is -3.75. The number of carbonyl (C=O) groups is 1. The number of anilines is 1. The van der Waals surface area contributed by atoms with E-state index in [2.05, 4.69) is 20.2 Å². The van der Waals surface area contributed by atoms with Crippen LogP contribution in [-0.4, -0.2) is 78.8 Å². The summed E-state index contributed by atoms with van der Waals surface area (Å²) in [5.41, 5.74) is 1.73. The summed E-state index contributed by atoms with van der Waals surface area (Å²) in [5.74, 6) is -0.740. The normalized spacial score (nSPS) is 14.5. The molecule has 0 amide bonds. The third kappa shape index (κ3) is 6.71. The Balaban J connectivity index is 1.23. The van der Waals surface area contributed by atoms with Gasteiger partial charge in [0.1, 0.15) is 22.1 Å². The Morgan fingerprint density at radius 2 is 1.92 bits per heavy atom. The van der Waals surface area contributed by atoms with Crippen LogP contribution in [0, 0.1) is 0 Å². The molecule has 10 nitrogen and oxygen atoms in total. The van der Waals surface area contributed by atoms with Crippen molar-refractivity contribution in [2.75, 3.05) is 50.5 Å². The first-order valence-electron chi connectivity index (χ1n) is 12.3. The molecule has 39 heavy (non-hydrogen) atoms. The summed E-state index contributed by atoms with van der Waals surface area (Å²) in [6, 6.07) is 11.6. The smallest absolute Gasteiger partial charge is 0.266 e. The molecule has 0 aliphatic carbocycles. The minimum absolute atomic E-state index is 0.0633. The first-order chi connectivity index (χ1) is 18.8. The number of ether oxygens (including phenoxy) is 1. The number of halogens is 1. The van der Waals surface area contributed by atoms with Gasteiger partial charge in [-0.1, -0.05) is 17.7 Å². The van der Waals surface area contributed by atoms with Gasteiger partial charge >= 0.3 is 0 Å². The fourth-order valence-corrected chi connectivity index (χ4v) is 7.08. The lowest BCUT2D eigenvalue weighted by Gasteiger charge is -2.26. The van der Waals surface area contributed by atoms with Crippen LogP contribution in [0.25, 0.3) is 16.7 Å². The Labute approximate surface area is 234 Å². The monoisotopic (exact) mass is 587 g/mol. The van der Waals surface area contributed by atoms with Crippen molar-refractivity contribution in [3.63, 3.8) is 0 Å². The van der Waals surface area contributed by atoms with Crippen LogP contribution in [0.5, 0.6) is 0 Å². The standard InChI is InChI=1S/C26H26ClN5O5S2/c27-23-4-6-25(38-23)39(35,36)16-20(33)13-18-1-5-24(29-15-18)32-17-30-22-14-19(2-3-21(22)26(32)34)28-7-8-31-9-11-37-12-10-31/h1-6,14-15,17,28H,7-13,16H2. The fraction of sp³-hybridized carbons (Fsp3) is 0.308. The molecule has 4 heterocycles. The lowest BCUT2D eigenvalue weighted by Crippen LogP contribution is -2.39. The van der Waals surface area contributed by atoms with Crippen LogP contribution in [-0.2, 0) is 25.8 Å². The zero-order chi connectivity index (χ0) is 27.4. The van der Waals surface area contributed by atoms with Gasteiger partial charge in [-0.25, -0.2) is 18.4 Å². The van der Waals surface area contributed by atoms with E-state index in [-0.39, 0.29) is 16.2 Å². The predicted octanol–water partition coefficient (Wildman–Crippen LogP) is 2.83. The molecule has 1 fully saturated rings. The summed E-state index contributed by atoms with van der Waals surface area (Å²) >= 11 is 6.74. The summed E-state index contributed by atoms with van der Waals surface area (Å²) in [6.45, 7) is 5.06. The van der Waals surface area contributed by atoms with Crippen molar-refractivity contribution in [2.45, 2.75) is 10.6 Å². The van der Waals surface area contributed by atoms with Crippen LogP contribution in [0.4, 0.5) is 5.69 Å². The number of nitrogens with one attached hydrogen (secondary N) is 1. The highest BCUT2D eigenvalue weighted by Gasteiger charge is 2.21. The van der Waals surface area contributed by atoms with Crippen molar-refractivity contribution in [3.8, 4) is 5.82 Å². The molecule has 0 saturated carbocycles. The molecule has 204 valence electrons. The van der Waals surface area contributed by atoms with Gasteiger partial charge in [0.05, 0.1) is 28.5 Å². The maximum atomic E-state index is 13.1. The van der Waals surface area contributed by atoms with Crippen LogP contribution in [0.1, 0.15) is 5.56 Å². The van der Waals surface area contributed by atoms with Crippen molar-refractivity contribution >= 4 is 55.1 Å². The van der Waals surface area contributed by atoms with Crippen molar-refractivity contribution in [1.82, 2.24) is 19.4 Å². The Morgan fingerprint density at radius 3 is 2.64 bits per heavy atom. The zero-order valence-electron chi connectivity index (χ0n) is 20.9. The number of Topliss-reactive ketones (excluding diaryl/α,β-unsaturated/α-hetero) is 1. The molecule has 0 atom stereocenters. The number of thiophene rings is 1. The lowest BCUT2D eigenvalue weighted by atomic mass is 10.1. The number of carbonyl (C=O) groups excluding carboxylic acids is 1. The molecule has 0 radical (unpaired) electrons. The minimum atomic E-state index is -3.75. The maximum Gasteiger partial charge on any atom is 0.266 e. The number of morpholine rings is 1. The van der Waals surface area contributed by atoms with Gasteiger partial charge in [0, 0.05) is 44.5 Å². The van der Waals surface area contributed by atoms with Crippen LogP contribution in [0.3, 0.4) is 0 Å². The Kier molecular flexibility index (Phi) is 8.38. The third-order valence-electron chi connectivity index (χ3n) is 6.28. The van der Waals surface area contributed by atoms with Crippen LogP contribution < -0.4 is 10.9 Å². The first kappa shape index (κ1) is 27.4. The third-order valence-corrected chi connectivity index (χ3v) is 9.77. The second kappa shape index (κ2) is 11.9.